The maximum Gasteiger partial charge on any atom is 0.410 e. The summed E-state index contributed by atoms with van der Waals surface area (Å²) >= 11 is 0. The highest BCUT2D eigenvalue weighted by Gasteiger charge is 2.47. The Morgan fingerprint density at radius 1 is 1.44 bits per heavy atom. The van der Waals surface area contributed by atoms with Gasteiger partial charge in [0.1, 0.15) is 11.2 Å². The number of nitrogens with zero attached hydrogens (tertiary/aromatic N) is 3. The summed E-state index contributed by atoms with van der Waals surface area (Å²) in [5.41, 5.74) is -1.16. The molecule has 0 aliphatic carbocycles. The van der Waals surface area contributed by atoms with Gasteiger partial charge in [0.05, 0.1) is 25.0 Å². The number of aromatic nitrogens is 2. The maximum atomic E-state index is 11.7. The first-order valence-electron chi connectivity index (χ1n) is 5.77. The van der Waals surface area contributed by atoms with Crippen LogP contribution in [0.15, 0.2) is 18.6 Å². The minimum atomic E-state index is -1.11. The van der Waals surface area contributed by atoms with Crippen molar-refractivity contribution in [2.24, 2.45) is 0 Å². The van der Waals surface area contributed by atoms with Gasteiger partial charge >= 0.3 is 6.09 Å². The van der Waals surface area contributed by atoms with Crippen LogP contribution in [0.5, 0.6) is 0 Å². The highest BCUT2D eigenvalue weighted by molar-refractivity contribution is 5.69. The van der Waals surface area contributed by atoms with Crippen molar-refractivity contribution in [3.8, 4) is 0 Å². The Hall–Kier alpha value is -1.69. The zero-order valence-electron chi connectivity index (χ0n) is 10.8. The number of rotatable bonds is 1. The first kappa shape index (κ1) is 12.8. The second kappa shape index (κ2) is 4.20. The van der Waals surface area contributed by atoms with E-state index in [2.05, 4.69) is 9.97 Å². The van der Waals surface area contributed by atoms with Gasteiger partial charge in [0.25, 0.3) is 0 Å². The predicted octanol–water partition coefficient (Wildman–Crippen LogP) is 0.915. The van der Waals surface area contributed by atoms with Gasteiger partial charge in [0.2, 0.25) is 0 Å². The molecule has 1 aliphatic rings. The molecule has 1 aromatic heterocycles. The number of likely N-dealkylation sites (tertiary alicyclic amines) is 1. The van der Waals surface area contributed by atoms with E-state index in [0.29, 0.717) is 5.69 Å². The van der Waals surface area contributed by atoms with E-state index in [1.54, 1.807) is 20.8 Å². The fraction of sp³-hybridized carbons (Fsp3) is 0.583. The summed E-state index contributed by atoms with van der Waals surface area (Å²) in [4.78, 5) is 21.1. The van der Waals surface area contributed by atoms with Crippen LogP contribution in [0, 0.1) is 0 Å². The molecule has 2 heterocycles. The molecule has 1 N–H and O–H groups in total. The first-order chi connectivity index (χ1) is 8.30. The van der Waals surface area contributed by atoms with Gasteiger partial charge in [-0.2, -0.15) is 0 Å². The van der Waals surface area contributed by atoms with Crippen LogP contribution in [-0.2, 0) is 10.3 Å². The van der Waals surface area contributed by atoms with Crippen LogP contribution in [0.25, 0.3) is 0 Å². The summed E-state index contributed by atoms with van der Waals surface area (Å²) in [5.74, 6) is 0. The Bertz CT molecular complexity index is 436. The Balaban J connectivity index is 1.96. The van der Waals surface area contributed by atoms with E-state index in [1.807, 2.05) is 0 Å². The third-order valence-electron chi connectivity index (χ3n) is 2.60. The van der Waals surface area contributed by atoms with Gasteiger partial charge in [-0.3, -0.25) is 9.97 Å². The second-order valence-electron chi connectivity index (χ2n) is 5.46. The van der Waals surface area contributed by atoms with E-state index in [-0.39, 0.29) is 13.1 Å². The van der Waals surface area contributed by atoms with Crippen LogP contribution in [0.2, 0.25) is 0 Å². The minimum absolute atomic E-state index is 0.181. The molecule has 0 aromatic carbocycles. The van der Waals surface area contributed by atoms with Gasteiger partial charge in [0.15, 0.2) is 0 Å². The molecule has 6 nitrogen and oxygen atoms in total. The number of hydrogen-bond donors (Lipinski definition) is 1. The number of carbonyl (C=O) groups excluding carboxylic acids is 1. The zero-order valence-corrected chi connectivity index (χ0v) is 10.8. The maximum absolute atomic E-state index is 11.7. The smallest absolute Gasteiger partial charge is 0.410 e. The molecule has 0 spiro atoms. The molecule has 0 saturated carbocycles. The van der Waals surface area contributed by atoms with Crippen molar-refractivity contribution < 1.29 is 14.6 Å². The third-order valence-corrected chi connectivity index (χ3v) is 2.60. The number of β-amino-alcohol motifs (C(OH)–C–C–N with tert-alkyl or cyclic N) is 1. The lowest BCUT2D eigenvalue weighted by atomic mass is 9.91. The van der Waals surface area contributed by atoms with Crippen LogP contribution >= 0.6 is 0 Å². The molecule has 0 unspecified atom stereocenters. The van der Waals surface area contributed by atoms with Crippen LogP contribution in [0.1, 0.15) is 26.5 Å². The summed E-state index contributed by atoms with van der Waals surface area (Å²) in [5, 5.41) is 10.2. The molecule has 1 saturated heterocycles. The lowest BCUT2D eigenvalue weighted by molar-refractivity contribution is -0.106. The molecule has 0 atom stereocenters. The van der Waals surface area contributed by atoms with Crippen LogP contribution in [0.4, 0.5) is 4.79 Å². The number of hydrogen-bond acceptors (Lipinski definition) is 5. The topological polar surface area (TPSA) is 75.5 Å². The van der Waals surface area contributed by atoms with E-state index in [9.17, 15) is 9.90 Å². The zero-order chi connectivity index (χ0) is 13.4. The molecule has 2 rings (SSSR count). The van der Waals surface area contributed by atoms with Crippen LogP contribution in [-0.4, -0.2) is 44.8 Å². The lowest BCUT2D eigenvalue weighted by Crippen LogP contribution is -2.62. The largest absolute Gasteiger partial charge is 0.444 e. The molecule has 1 aliphatic heterocycles. The van der Waals surface area contributed by atoms with Gasteiger partial charge in [-0.25, -0.2) is 4.79 Å². The first-order valence-corrected chi connectivity index (χ1v) is 5.77. The molecule has 0 bridgehead atoms. The molecular formula is C12H17N3O3. The van der Waals surface area contributed by atoms with Crippen molar-refractivity contribution >= 4 is 6.09 Å². The minimum Gasteiger partial charge on any atom is -0.444 e. The van der Waals surface area contributed by atoms with E-state index in [1.165, 1.54) is 23.5 Å². The monoisotopic (exact) mass is 251 g/mol. The van der Waals surface area contributed by atoms with Crippen molar-refractivity contribution in [2.45, 2.75) is 32.0 Å². The number of amides is 1. The fourth-order valence-corrected chi connectivity index (χ4v) is 1.74. The summed E-state index contributed by atoms with van der Waals surface area (Å²) in [7, 11) is 0. The van der Waals surface area contributed by atoms with Crippen LogP contribution < -0.4 is 0 Å². The predicted molar refractivity (Wildman–Crippen MR) is 63.7 cm³/mol. The van der Waals surface area contributed by atoms with Crippen LogP contribution in [0.3, 0.4) is 0 Å². The Labute approximate surface area is 106 Å². The average molecular weight is 251 g/mol. The van der Waals surface area contributed by atoms with Crippen molar-refractivity contribution in [3.63, 3.8) is 0 Å². The lowest BCUT2D eigenvalue weighted by Gasteiger charge is -2.45. The van der Waals surface area contributed by atoms with Gasteiger partial charge in [0, 0.05) is 12.4 Å². The summed E-state index contributed by atoms with van der Waals surface area (Å²) < 4.78 is 5.21. The Morgan fingerprint density at radius 2 is 2.11 bits per heavy atom. The summed E-state index contributed by atoms with van der Waals surface area (Å²) in [6.07, 6.45) is 4.14. The van der Waals surface area contributed by atoms with E-state index in [0.717, 1.165) is 0 Å². The molecular weight excluding hydrogens is 234 g/mol. The molecule has 1 aromatic rings. The van der Waals surface area contributed by atoms with Crippen molar-refractivity contribution in [2.75, 3.05) is 13.1 Å². The second-order valence-corrected chi connectivity index (χ2v) is 5.46. The number of aliphatic hydroxyl groups is 1. The standard InChI is InChI=1S/C12H17N3O3/c1-11(2,3)18-10(16)15-7-12(17,8-15)9-6-13-4-5-14-9/h4-6,17H,7-8H2,1-3H3. The normalized spacial score (nSPS) is 18.1. The fourth-order valence-electron chi connectivity index (χ4n) is 1.74. The summed E-state index contributed by atoms with van der Waals surface area (Å²) in [6, 6.07) is 0. The molecule has 6 heteroatoms. The highest BCUT2D eigenvalue weighted by Crippen LogP contribution is 2.31. The van der Waals surface area contributed by atoms with Crippen molar-refractivity contribution in [1.82, 2.24) is 14.9 Å². The van der Waals surface area contributed by atoms with Gasteiger partial charge in [-0.15, -0.1) is 0 Å². The molecule has 1 fully saturated rings. The number of carbonyl (C=O) groups is 1. The van der Waals surface area contributed by atoms with Gasteiger partial charge in [-0.1, -0.05) is 0 Å². The summed E-state index contributed by atoms with van der Waals surface area (Å²) in [6.45, 7) is 5.78. The number of ether oxygens (including phenoxy) is 1. The van der Waals surface area contributed by atoms with E-state index in [4.69, 9.17) is 4.74 Å². The highest BCUT2D eigenvalue weighted by atomic mass is 16.6. The third kappa shape index (κ3) is 2.59. The van der Waals surface area contributed by atoms with Gasteiger partial charge < -0.3 is 14.7 Å². The van der Waals surface area contributed by atoms with E-state index >= 15 is 0 Å². The Kier molecular flexibility index (Phi) is 2.98. The van der Waals surface area contributed by atoms with E-state index < -0.39 is 17.3 Å². The molecule has 0 radical (unpaired) electrons. The molecule has 98 valence electrons. The molecule has 1 amide bonds. The average Bonchev–Trinajstić information content (AvgIpc) is 2.23. The Morgan fingerprint density at radius 3 is 2.61 bits per heavy atom. The molecule has 18 heavy (non-hydrogen) atoms. The quantitative estimate of drug-likeness (QED) is 0.803. The SMILES string of the molecule is CC(C)(C)OC(=O)N1CC(O)(c2cnccn2)C1. The van der Waals surface area contributed by atoms with Crippen molar-refractivity contribution in [1.29, 1.82) is 0 Å². The van der Waals surface area contributed by atoms with Gasteiger partial charge in [-0.05, 0) is 20.8 Å². The van der Waals surface area contributed by atoms with Crippen molar-refractivity contribution in [3.05, 3.63) is 24.3 Å².